The number of piperidine rings is 1. The van der Waals surface area contributed by atoms with Gasteiger partial charge in [0.1, 0.15) is 11.6 Å². The van der Waals surface area contributed by atoms with Crippen LogP contribution in [0.3, 0.4) is 0 Å². The van der Waals surface area contributed by atoms with Crippen molar-refractivity contribution in [2.24, 2.45) is 11.7 Å². The number of nitrogen functional groups attached to an aromatic ring is 2. The summed E-state index contributed by atoms with van der Waals surface area (Å²) in [5.41, 5.74) is 17.1. The normalized spacial score (nSPS) is 17.1. The fraction of sp³-hybridized carbons (Fsp3) is 0.455. The van der Waals surface area contributed by atoms with E-state index in [1.165, 1.54) is 0 Å². The Labute approximate surface area is 99.8 Å². The second kappa shape index (κ2) is 4.48. The number of nitrogens with two attached hydrogens (primary N) is 3. The number of aromatic nitrogens is 1. The maximum atomic E-state index is 11.0. The number of hydrogen-bond donors (Lipinski definition) is 3. The van der Waals surface area contributed by atoms with E-state index in [-0.39, 0.29) is 11.8 Å². The van der Waals surface area contributed by atoms with Gasteiger partial charge in [-0.3, -0.25) is 4.79 Å². The Morgan fingerprint density at radius 1 is 1.29 bits per heavy atom. The summed E-state index contributed by atoms with van der Waals surface area (Å²) in [6.07, 6.45) is 1.53. The Kier molecular flexibility index (Phi) is 3.03. The van der Waals surface area contributed by atoms with Crippen molar-refractivity contribution in [1.29, 1.82) is 0 Å². The molecule has 6 N–H and O–H groups in total. The number of primary amides is 1. The lowest BCUT2D eigenvalue weighted by molar-refractivity contribution is -0.122. The SMILES string of the molecule is NC(=O)C1CCN(c2ccc(N)c(N)n2)CC1. The second-order valence-corrected chi connectivity index (χ2v) is 4.31. The van der Waals surface area contributed by atoms with Crippen LogP contribution in [0.2, 0.25) is 0 Å². The number of hydrogen-bond acceptors (Lipinski definition) is 5. The summed E-state index contributed by atoms with van der Waals surface area (Å²) in [5, 5.41) is 0. The standard InChI is InChI=1S/C11H17N5O/c12-8-1-2-9(15-10(8)13)16-5-3-7(4-6-16)11(14)17/h1-2,7H,3-6,12H2,(H2,13,15)(H2,14,17). The van der Waals surface area contributed by atoms with Gasteiger partial charge in [0.15, 0.2) is 0 Å². The van der Waals surface area contributed by atoms with E-state index in [0.717, 1.165) is 31.7 Å². The number of nitrogens with zero attached hydrogens (tertiary/aromatic N) is 2. The zero-order chi connectivity index (χ0) is 12.4. The minimum absolute atomic E-state index is 0.0163. The Morgan fingerprint density at radius 3 is 2.47 bits per heavy atom. The lowest BCUT2D eigenvalue weighted by Gasteiger charge is -2.31. The number of amides is 1. The smallest absolute Gasteiger partial charge is 0.220 e. The molecule has 0 spiro atoms. The van der Waals surface area contributed by atoms with Crippen LogP contribution in [0, 0.1) is 5.92 Å². The number of anilines is 3. The average molecular weight is 235 g/mol. The first-order valence-electron chi connectivity index (χ1n) is 5.64. The Balaban J connectivity index is 2.05. The van der Waals surface area contributed by atoms with Crippen LogP contribution in [0.4, 0.5) is 17.3 Å². The van der Waals surface area contributed by atoms with Crippen molar-refractivity contribution in [3.63, 3.8) is 0 Å². The Hall–Kier alpha value is -1.98. The van der Waals surface area contributed by atoms with Crippen molar-refractivity contribution < 1.29 is 4.79 Å². The molecule has 0 aliphatic carbocycles. The van der Waals surface area contributed by atoms with E-state index in [1.807, 2.05) is 6.07 Å². The molecule has 1 aliphatic rings. The largest absolute Gasteiger partial charge is 0.396 e. The minimum Gasteiger partial charge on any atom is -0.396 e. The van der Waals surface area contributed by atoms with Crippen molar-refractivity contribution in [3.8, 4) is 0 Å². The molecule has 1 aromatic rings. The lowest BCUT2D eigenvalue weighted by atomic mass is 9.96. The monoisotopic (exact) mass is 235 g/mol. The Morgan fingerprint density at radius 2 is 1.94 bits per heavy atom. The van der Waals surface area contributed by atoms with Crippen LogP contribution in [0.15, 0.2) is 12.1 Å². The molecular weight excluding hydrogens is 218 g/mol. The summed E-state index contributed by atoms with van der Waals surface area (Å²) < 4.78 is 0. The lowest BCUT2D eigenvalue weighted by Crippen LogP contribution is -2.39. The summed E-state index contributed by atoms with van der Waals surface area (Å²) >= 11 is 0. The highest BCUT2D eigenvalue weighted by Crippen LogP contribution is 2.24. The first-order valence-corrected chi connectivity index (χ1v) is 5.64. The van der Waals surface area contributed by atoms with Crippen LogP contribution in [0.5, 0.6) is 0 Å². The highest BCUT2D eigenvalue weighted by molar-refractivity contribution is 5.77. The highest BCUT2D eigenvalue weighted by Gasteiger charge is 2.23. The van der Waals surface area contributed by atoms with E-state index < -0.39 is 0 Å². The number of pyridine rings is 1. The highest BCUT2D eigenvalue weighted by atomic mass is 16.1. The molecule has 2 heterocycles. The molecule has 1 amide bonds. The quantitative estimate of drug-likeness (QED) is 0.665. The summed E-state index contributed by atoms with van der Waals surface area (Å²) in [6.45, 7) is 1.54. The maximum absolute atomic E-state index is 11.0. The van der Waals surface area contributed by atoms with E-state index >= 15 is 0 Å². The summed E-state index contributed by atoms with van der Waals surface area (Å²) in [5.74, 6) is 0.922. The van der Waals surface area contributed by atoms with Crippen LogP contribution < -0.4 is 22.1 Å². The van der Waals surface area contributed by atoms with E-state index in [1.54, 1.807) is 6.07 Å². The molecule has 0 unspecified atom stereocenters. The molecule has 0 bridgehead atoms. The topological polar surface area (TPSA) is 111 Å². The predicted molar refractivity (Wildman–Crippen MR) is 67.2 cm³/mol. The molecule has 0 atom stereocenters. The van der Waals surface area contributed by atoms with Crippen LogP contribution in [0.25, 0.3) is 0 Å². The second-order valence-electron chi connectivity index (χ2n) is 4.31. The van der Waals surface area contributed by atoms with Crippen LogP contribution in [-0.4, -0.2) is 24.0 Å². The number of rotatable bonds is 2. The van der Waals surface area contributed by atoms with Gasteiger partial charge in [0.25, 0.3) is 0 Å². The van der Waals surface area contributed by atoms with Gasteiger partial charge in [-0.1, -0.05) is 0 Å². The van der Waals surface area contributed by atoms with Gasteiger partial charge in [0, 0.05) is 19.0 Å². The first kappa shape index (κ1) is 11.5. The van der Waals surface area contributed by atoms with Gasteiger partial charge in [-0.2, -0.15) is 0 Å². The molecule has 92 valence electrons. The van der Waals surface area contributed by atoms with Crippen molar-refractivity contribution >= 4 is 23.2 Å². The van der Waals surface area contributed by atoms with Crippen LogP contribution >= 0.6 is 0 Å². The van der Waals surface area contributed by atoms with Crippen LogP contribution in [-0.2, 0) is 4.79 Å². The van der Waals surface area contributed by atoms with Crippen molar-refractivity contribution in [3.05, 3.63) is 12.1 Å². The first-order chi connectivity index (χ1) is 8.08. The van der Waals surface area contributed by atoms with E-state index in [0.29, 0.717) is 11.5 Å². The predicted octanol–water partition coefficient (Wildman–Crippen LogP) is -0.0523. The van der Waals surface area contributed by atoms with Gasteiger partial charge in [0.2, 0.25) is 5.91 Å². The molecule has 1 saturated heterocycles. The maximum Gasteiger partial charge on any atom is 0.220 e. The van der Waals surface area contributed by atoms with Gasteiger partial charge in [-0.25, -0.2) is 4.98 Å². The van der Waals surface area contributed by atoms with Crippen molar-refractivity contribution in [1.82, 2.24) is 4.98 Å². The zero-order valence-corrected chi connectivity index (χ0v) is 9.60. The third-order valence-corrected chi connectivity index (χ3v) is 3.16. The van der Waals surface area contributed by atoms with Crippen LogP contribution in [0.1, 0.15) is 12.8 Å². The van der Waals surface area contributed by atoms with Gasteiger partial charge in [-0.05, 0) is 25.0 Å². The third-order valence-electron chi connectivity index (χ3n) is 3.16. The summed E-state index contributed by atoms with van der Waals surface area (Å²) in [6, 6.07) is 3.59. The fourth-order valence-corrected chi connectivity index (χ4v) is 2.04. The summed E-state index contributed by atoms with van der Waals surface area (Å²) in [7, 11) is 0. The van der Waals surface area contributed by atoms with Crippen molar-refractivity contribution in [2.45, 2.75) is 12.8 Å². The molecule has 17 heavy (non-hydrogen) atoms. The van der Waals surface area contributed by atoms with E-state index in [9.17, 15) is 4.79 Å². The van der Waals surface area contributed by atoms with Gasteiger partial charge < -0.3 is 22.1 Å². The molecular formula is C11H17N5O. The van der Waals surface area contributed by atoms with Gasteiger partial charge in [0.05, 0.1) is 5.69 Å². The molecule has 6 nitrogen and oxygen atoms in total. The minimum atomic E-state index is -0.213. The molecule has 1 fully saturated rings. The average Bonchev–Trinajstić information content (AvgIpc) is 2.33. The molecule has 0 radical (unpaired) electrons. The molecule has 1 aromatic heterocycles. The molecule has 6 heteroatoms. The Bertz CT molecular complexity index is 426. The van der Waals surface area contributed by atoms with Gasteiger partial charge in [-0.15, -0.1) is 0 Å². The van der Waals surface area contributed by atoms with E-state index in [4.69, 9.17) is 17.2 Å². The van der Waals surface area contributed by atoms with E-state index in [2.05, 4.69) is 9.88 Å². The van der Waals surface area contributed by atoms with Crippen molar-refractivity contribution in [2.75, 3.05) is 29.5 Å². The zero-order valence-electron chi connectivity index (χ0n) is 9.60. The number of carbonyl (C=O) groups excluding carboxylic acids is 1. The third kappa shape index (κ3) is 2.41. The fourth-order valence-electron chi connectivity index (χ4n) is 2.04. The molecule has 0 aromatic carbocycles. The van der Waals surface area contributed by atoms with Gasteiger partial charge >= 0.3 is 0 Å². The molecule has 2 rings (SSSR count). The molecule has 1 aliphatic heterocycles. The summed E-state index contributed by atoms with van der Waals surface area (Å²) in [4.78, 5) is 17.4. The molecule has 0 saturated carbocycles. The number of carbonyl (C=O) groups is 1.